The van der Waals surface area contributed by atoms with Gasteiger partial charge in [-0.1, -0.05) is 59.7 Å². The van der Waals surface area contributed by atoms with Gasteiger partial charge >= 0.3 is 5.97 Å². The Morgan fingerprint density at radius 3 is 2.03 bits per heavy atom. The van der Waals surface area contributed by atoms with Crippen LogP contribution in [0.25, 0.3) is 0 Å². The van der Waals surface area contributed by atoms with Crippen molar-refractivity contribution in [1.82, 2.24) is 4.90 Å². The number of piperidine rings is 1. The lowest BCUT2D eigenvalue weighted by molar-refractivity contribution is -0.516. The number of aryl methyl sites for hydroxylation is 2. The van der Waals surface area contributed by atoms with Crippen molar-refractivity contribution < 1.29 is 29.2 Å². The molecule has 2 heterocycles. The molecule has 2 unspecified atom stereocenters. The van der Waals surface area contributed by atoms with E-state index in [1.807, 2.05) is 62.4 Å². The Labute approximate surface area is 194 Å². The number of aliphatic hydroxyl groups is 1. The highest BCUT2D eigenvalue weighted by Gasteiger charge is 2.69. The predicted octanol–water partition coefficient (Wildman–Crippen LogP) is 3.39. The first-order valence-electron chi connectivity index (χ1n) is 11.3. The van der Waals surface area contributed by atoms with Crippen LogP contribution >= 0.6 is 0 Å². The van der Waals surface area contributed by atoms with Gasteiger partial charge < -0.3 is 14.7 Å². The number of carbonyl (C=O) groups is 2. The number of nitrogens with zero attached hydrogens (tertiary/aromatic N) is 1. The summed E-state index contributed by atoms with van der Waals surface area (Å²) in [4.78, 5) is 39.2. The van der Waals surface area contributed by atoms with Crippen molar-refractivity contribution >= 4 is 11.9 Å². The SMILES string of the molecule is CCOC(=O)C12CN(C(C)=O)CCC1(O)OOC(c1ccc(C)cc1)(c1ccc(C)cc1)C2. The number of benzene rings is 2. The van der Waals surface area contributed by atoms with Gasteiger partial charge in [0.25, 0.3) is 0 Å². The third-order valence-electron chi connectivity index (χ3n) is 6.95. The lowest BCUT2D eigenvalue weighted by Gasteiger charge is -2.56. The first kappa shape index (κ1) is 23.4. The van der Waals surface area contributed by atoms with E-state index in [1.54, 1.807) is 11.8 Å². The molecule has 1 amide bonds. The van der Waals surface area contributed by atoms with Crippen LogP contribution in [0.2, 0.25) is 0 Å². The molecule has 2 fully saturated rings. The van der Waals surface area contributed by atoms with Gasteiger partial charge in [0.05, 0.1) is 6.61 Å². The summed E-state index contributed by atoms with van der Waals surface area (Å²) in [5.74, 6) is -2.71. The second-order valence-electron chi connectivity index (χ2n) is 9.18. The van der Waals surface area contributed by atoms with Gasteiger partial charge in [-0.25, -0.2) is 4.89 Å². The maximum Gasteiger partial charge on any atom is 0.319 e. The van der Waals surface area contributed by atoms with Crippen molar-refractivity contribution in [1.29, 1.82) is 0 Å². The van der Waals surface area contributed by atoms with Crippen LogP contribution in [-0.2, 0) is 29.7 Å². The second kappa shape index (κ2) is 8.56. The van der Waals surface area contributed by atoms with Gasteiger partial charge in [0.2, 0.25) is 11.7 Å². The fourth-order valence-electron chi connectivity index (χ4n) is 4.91. The minimum Gasteiger partial charge on any atom is -0.465 e. The number of carbonyl (C=O) groups excluding carboxylic acids is 2. The quantitative estimate of drug-likeness (QED) is 0.564. The van der Waals surface area contributed by atoms with E-state index in [1.165, 1.54) is 6.92 Å². The molecule has 2 aromatic carbocycles. The van der Waals surface area contributed by atoms with Crippen LogP contribution in [0.15, 0.2) is 48.5 Å². The van der Waals surface area contributed by atoms with Crippen molar-refractivity contribution in [3.05, 3.63) is 70.8 Å². The molecule has 0 aromatic heterocycles. The Morgan fingerprint density at radius 1 is 1.00 bits per heavy atom. The third-order valence-corrected chi connectivity index (χ3v) is 6.95. The molecule has 4 rings (SSSR count). The fraction of sp³-hybridized carbons (Fsp3) is 0.462. The smallest absolute Gasteiger partial charge is 0.319 e. The number of rotatable bonds is 4. The molecule has 0 spiro atoms. The predicted molar refractivity (Wildman–Crippen MR) is 121 cm³/mol. The molecule has 1 N–H and O–H groups in total. The number of hydrogen-bond acceptors (Lipinski definition) is 6. The number of amides is 1. The highest BCUT2D eigenvalue weighted by Crippen LogP contribution is 2.56. The van der Waals surface area contributed by atoms with Gasteiger partial charge in [-0.15, -0.1) is 0 Å². The van der Waals surface area contributed by atoms with E-state index >= 15 is 0 Å². The molecule has 33 heavy (non-hydrogen) atoms. The lowest BCUT2D eigenvalue weighted by atomic mass is 9.64. The molecule has 0 aliphatic carbocycles. The van der Waals surface area contributed by atoms with Crippen molar-refractivity contribution in [2.75, 3.05) is 19.7 Å². The van der Waals surface area contributed by atoms with Gasteiger partial charge in [0, 0.05) is 32.9 Å². The fourth-order valence-corrected chi connectivity index (χ4v) is 4.91. The van der Waals surface area contributed by atoms with Crippen molar-refractivity contribution in [3.63, 3.8) is 0 Å². The molecule has 0 saturated carbocycles. The van der Waals surface area contributed by atoms with Crippen LogP contribution in [0.4, 0.5) is 0 Å². The van der Waals surface area contributed by atoms with Gasteiger partial charge in [-0.05, 0) is 31.9 Å². The number of fused-ring (bicyclic) bond motifs is 1. The maximum absolute atomic E-state index is 13.5. The summed E-state index contributed by atoms with van der Waals surface area (Å²) < 4.78 is 5.47. The summed E-state index contributed by atoms with van der Waals surface area (Å²) in [6, 6.07) is 15.6. The largest absolute Gasteiger partial charge is 0.465 e. The van der Waals surface area contributed by atoms with E-state index in [0.29, 0.717) is 0 Å². The van der Waals surface area contributed by atoms with Crippen LogP contribution in [0, 0.1) is 19.3 Å². The van der Waals surface area contributed by atoms with E-state index in [9.17, 15) is 14.7 Å². The molecule has 2 aliphatic rings. The average molecular weight is 454 g/mol. The highest BCUT2D eigenvalue weighted by molar-refractivity contribution is 5.81. The lowest BCUT2D eigenvalue weighted by Crippen LogP contribution is -2.70. The van der Waals surface area contributed by atoms with Gasteiger partial charge in [0.1, 0.15) is 5.41 Å². The molecule has 2 saturated heterocycles. The van der Waals surface area contributed by atoms with Crippen LogP contribution in [0.1, 0.15) is 48.9 Å². The van der Waals surface area contributed by atoms with Crippen molar-refractivity contribution in [3.8, 4) is 0 Å². The molecule has 2 aliphatic heterocycles. The minimum atomic E-state index is -1.93. The molecule has 0 radical (unpaired) electrons. The van der Waals surface area contributed by atoms with Gasteiger partial charge in [0.15, 0.2) is 5.60 Å². The Bertz CT molecular complexity index is 988. The third kappa shape index (κ3) is 3.84. The van der Waals surface area contributed by atoms with E-state index < -0.39 is 22.8 Å². The van der Waals surface area contributed by atoms with Gasteiger partial charge in [-0.2, -0.15) is 4.89 Å². The Kier molecular flexibility index (Phi) is 6.07. The summed E-state index contributed by atoms with van der Waals surface area (Å²) in [5.41, 5.74) is 0.976. The first-order chi connectivity index (χ1) is 15.7. The normalized spacial score (nSPS) is 26.4. The van der Waals surface area contributed by atoms with E-state index in [0.717, 1.165) is 22.3 Å². The van der Waals surface area contributed by atoms with Crippen LogP contribution < -0.4 is 0 Å². The number of esters is 1. The van der Waals surface area contributed by atoms with Crippen molar-refractivity contribution in [2.45, 2.75) is 51.9 Å². The van der Waals surface area contributed by atoms with Crippen LogP contribution in [0.3, 0.4) is 0 Å². The molecule has 176 valence electrons. The average Bonchev–Trinajstić information content (AvgIpc) is 2.79. The maximum atomic E-state index is 13.5. The van der Waals surface area contributed by atoms with E-state index in [-0.39, 0.29) is 38.4 Å². The Morgan fingerprint density at radius 2 is 1.55 bits per heavy atom. The minimum absolute atomic E-state index is 0.0273. The van der Waals surface area contributed by atoms with Gasteiger partial charge in [-0.3, -0.25) is 9.59 Å². The van der Waals surface area contributed by atoms with E-state index in [2.05, 4.69) is 0 Å². The Balaban J connectivity index is 1.92. The van der Waals surface area contributed by atoms with Crippen molar-refractivity contribution in [2.24, 2.45) is 5.41 Å². The number of ether oxygens (including phenoxy) is 1. The molecular weight excluding hydrogens is 422 g/mol. The molecule has 7 nitrogen and oxygen atoms in total. The molecule has 0 bridgehead atoms. The van der Waals surface area contributed by atoms with Crippen LogP contribution in [0.5, 0.6) is 0 Å². The second-order valence-corrected chi connectivity index (χ2v) is 9.18. The van der Waals surface area contributed by atoms with Crippen LogP contribution in [-0.4, -0.2) is 47.4 Å². The monoisotopic (exact) mass is 453 g/mol. The number of likely N-dealkylation sites (tertiary alicyclic amines) is 1. The topological polar surface area (TPSA) is 85.3 Å². The summed E-state index contributed by atoms with van der Waals surface area (Å²) >= 11 is 0. The summed E-state index contributed by atoms with van der Waals surface area (Å²) in [7, 11) is 0. The first-order valence-corrected chi connectivity index (χ1v) is 11.3. The highest BCUT2D eigenvalue weighted by atomic mass is 17.2. The summed E-state index contributed by atoms with van der Waals surface area (Å²) in [6.07, 6.45) is 0.0779. The zero-order valence-electron chi connectivity index (χ0n) is 19.6. The molecular formula is C26H31NO6. The van der Waals surface area contributed by atoms with E-state index in [4.69, 9.17) is 14.5 Å². The number of hydrogen-bond donors (Lipinski definition) is 1. The molecule has 2 atom stereocenters. The molecule has 7 heteroatoms. The molecule has 2 aromatic rings. The Hall–Kier alpha value is -2.74. The zero-order chi connectivity index (χ0) is 23.9. The zero-order valence-corrected chi connectivity index (χ0v) is 19.6. The standard InChI is InChI=1S/C26H31NO6/c1-5-31-23(29)24-16-25(21-10-6-18(2)7-11-21,22-12-8-19(3)9-13-22)32-33-26(24,30)14-15-27(17-24)20(4)28/h6-13,30H,5,14-17H2,1-4H3. The summed E-state index contributed by atoms with van der Waals surface area (Å²) in [5, 5.41) is 11.6. The summed E-state index contributed by atoms with van der Waals surface area (Å²) in [6.45, 7) is 7.51.